The summed E-state index contributed by atoms with van der Waals surface area (Å²) in [6.45, 7) is 0. The van der Waals surface area contributed by atoms with Crippen molar-refractivity contribution in [1.29, 1.82) is 0 Å². The third kappa shape index (κ3) is 2.51. The SMILES string of the molecule is CN1c2ccc(-c3cncc4ccc(-c5nccn5C)cc34)cc2CS1(=O)=O. The molecule has 3 heterocycles. The molecule has 140 valence electrons. The van der Waals surface area contributed by atoms with E-state index in [2.05, 4.69) is 16.0 Å². The minimum atomic E-state index is -3.26. The summed E-state index contributed by atoms with van der Waals surface area (Å²) in [4.78, 5) is 8.83. The van der Waals surface area contributed by atoms with Crippen LogP contribution in [0, 0.1) is 0 Å². The van der Waals surface area contributed by atoms with Crippen molar-refractivity contribution in [2.45, 2.75) is 5.75 Å². The maximum absolute atomic E-state index is 12.2. The Labute approximate surface area is 163 Å². The van der Waals surface area contributed by atoms with E-state index in [9.17, 15) is 8.42 Å². The van der Waals surface area contributed by atoms with Crippen LogP contribution < -0.4 is 4.31 Å². The molecule has 5 rings (SSSR count). The Morgan fingerprint density at radius 3 is 2.61 bits per heavy atom. The van der Waals surface area contributed by atoms with Crippen LogP contribution in [0.25, 0.3) is 33.3 Å². The number of benzene rings is 2. The molecule has 0 spiro atoms. The van der Waals surface area contributed by atoms with Crippen molar-refractivity contribution in [2.75, 3.05) is 11.4 Å². The van der Waals surface area contributed by atoms with Gasteiger partial charge in [0.2, 0.25) is 10.0 Å². The molecule has 0 aliphatic carbocycles. The molecule has 1 aliphatic heterocycles. The van der Waals surface area contributed by atoms with Gasteiger partial charge in [-0.15, -0.1) is 0 Å². The van der Waals surface area contributed by atoms with Crippen molar-refractivity contribution in [3.05, 3.63) is 66.7 Å². The fourth-order valence-corrected chi connectivity index (χ4v) is 5.09. The first-order chi connectivity index (χ1) is 13.4. The summed E-state index contributed by atoms with van der Waals surface area (Å²) in [5, 5.41) is 2.09. The van der Waals surface area contributed by atoms with Crippen LogP contribution in [0.5, 0.6) is 0 Å². The Kier molecular flexibility index (Phi) is 3.57. The first kappa shape index (κ1) is 16.9. The van der Waals surface area contributed by atoms with Crippen molar-refractivity contribution in [2.24, 2.45) is 7.05 Å². The molecule has 0 N–H and O–H groups in total. The van der Waals surface area contributed by atoms with Crippen LogP contribution in [0.3, 0.4) is 0 Å². The second-order valence-electron chi connectivity index (χ2n) is 7.05. The maximum Gasteiger partial charge on any atom is 0.239 e. The van der Waals surface area contributed by atoms with E-state index < -0.39 is 10.0 Å². The molecular formula is C21H18N4O2S. The molecule has 1 aliphatic rings. The van der Waals surface area contributed by atoms with Crippen molar-refractivity contribution in [3.63, 3.8) is 0 Å². The molecule has 0 atom stereocenters. The highest BCUT2D eigenvalue weighted by molar-refractivity contribution is 7.92. The van der Waals surface area contributed by atoms with Gasteiger partial charge in [-0.25, -0.2) is 13.4 Å². The Bertz CT molecular complexity index is 1340. The van der Waals surface area contributed by atoms with Crippen LogP contribution in [0.4, 0.5) is 5.69 Å². The topological polar surface area (TPSA) is 68.1 Å². The van der Waals surface area contributed by atoms with Gasteiger partial charge in [0.25, 0.3) is 0 Å². The first-order valence-electron chi connectivity index (χ1n) is 8.89. The number of nitrogens with zero attached hydrogens (tertiary/aromatic N) is 4. The quantitative estimate of drug-likeness (QED) is 0.525. The van der Waals surface area contributed by atoms with Gasteiger partial charge in [-0.2, -0.15) is 0 Å². The minimum absolute atomic E-state index is 0.0311. The average molecular weight is 390 g/mol. The predicted molar refractivity (Wildman–Crippen MR) is 110 cm³/mol. The lowest BCUT2D eigenvalue weighted by atomic mass is 9.97. The molecule has 6 nitrogen and oxygen atoms in total. The van der Waals surface area contributed by atoms with Gasteiger partial charge in [0.05, 0.1) is 11.4 Å². The van der Waals surface area contributed by atoms with E-state index in [1.165, 1.54) is 4.31 Å². The monoisotopic (exact) mass is 390 g/mol. The molecule has 0 unspecified atom stereocenters. The standard InChI is InChI=1S/C21H18N4O2S/c1-24-8-7-23-21(24)15-3-4-16-11-22-12-19(18(16)10-15)14-5-6-20-17(9-14)13-28(26,27)25(20)2/h3-12H,13H2,1-2H3. The Morgan fingerprint density at radius 1 is 1.00 bits per heavy atom. The van der Waals surface area contributed by atoms with Crippen molar-refractivity contribution < 1.29 is 8.42 Å². The number of imidazole rings is 1. The number of pyridine rings is 1. The second kappa shape index (κ2) is 5.90. The zero-order valence-corrected chi connectivity index (χ0v) is 16.3. The maximum atomic E-state index is 12.2. The van der Waals surface area contributed by atoms with Gasteiger partial charge in [0.15, 0.2) is 0 Å². The Hall–Kier alpha value is -3.19. The normalized spacial score (nSPS) is 15.1. The van der Waals surface area contributed by atoms with Gasteiger partial charge in [-0.05, 0) is 34.7 Å². The van der Waals surface area contributed by atoms with Gasteiger partial charge in [0.1, 0.15) is 5.82 Å². The first-order valence-corrected chi connectivity index (χ1v) is 10.5. The molecular weight excluding hydrogens is 372 g/mol. The highest BCUT2D eigenvalue weighted by Gasteiger charge is 2.30. The number of aryl methyl sites for hydroxylation is 1. The second-order valence-corrected chi connectivity index (χ2v) is 9.05. The summed E-state index contributed by atoms with van der Waals surface area (Å²) >= 11 is 0. The zero-order valence-electron chi connectivity index (χ0n) is 15.5. The summed E-state index contributed by atoms with van der Waals surface area (Å²) in [6, 6.07) is 12.0. The predicted octanol–water partition coefficient (Wildman–Crippen LogP) is 3.58. The Balaban J connectivity index is 1.69. The van der Waals surface area contributed by atoms with Crippen molar-refractivity contribution in [3.8, 4) is 22.5 Å². The number of rotatable bonds is 2. The van der Waals surface area contributed by atoms with Gasteiger partial charge in [0, 0.05) is 55.4 Å². The lowest BCUT2D eigenvalue weighted by Crippen LogP contribution is -2.20. The molecule has 2 aromatic heterocycles. The smallest absolute Gasteiger partial charge is 0.239 e. The molecule has 0 amide bonds. The summed E-state index contributed by atoms with van der Waals surface area (Å²) in [5.41, 5.74) is 4.52. The van der Waals surface area contributed by atoms with Gasteiger partial charge >= 0.3 is 0 Å². The number of sulfonamides is 1. The van der Waals surface area contributed by atoms with Crippen molar-refractivity contribution in [1.82, 2.24) is 14.5 Å². The molecule has 0 bridgehead atoms. The molecule has 2 aromatic carbocycles. The lowest BCUT2D eigenvalue weighted by Gasteiger charge is -2.12. The third-order valence-corrected chi connectivity index (χ3v) is 7.03. The van der Waals surface area contributed by atoms with Crippen LogP contribution >= 0.6 is 0 Å². The zero-order chi connectivity index (χ0) is 19.5. The van der Waals surface area contributed by atoms with E-state index in [1.54, 1.807) is 13.2 Å². The van der Waals surface area contributed by atoms with Crippen molar-refractivity contribution >= 4 is 26.5 Å². The number of hydrogen-bond acceptors (Lipinski definition) is 4. The molecule has 28 heavy (non-hydrogen) atoms. The van der Waals surface area contributed by atoms with E-state index in [1.807, 2.05) is 60.5 Å². The van der Waals surface area contributed by atoms with Crippen LogP contribution in [0.1, 0.15) is 5.56 Å². The fraction of sp³-hybridized carbons (Fsp3) is 0.143. The van der Waals surface area contributed by atoms with E-state index in [-0.39, 0.29) is 5.75 Å². The summed E-state index contributed by atoms with van der Waals surface area (Å²) in [6.07, 6.45) is 7.38. The highest BCUT2D eigenvalue weighted by atomic mass is 32.2. The molecule has 0 saturated carbocycles. The minimum Gasteiger partial charge on any atom is -0.334 e. The molecule has 7 heteroatoms. The number of hydrogen-bond donors (Lipinski definition) is 0. The van der Waals surface area contributed by atoms with E-state index >= 15 is 0 Å². The summed E-state index contributed by atoms with van der Waals surface area (Å²) in [7, 11) is 0.306. The largest absolute Gasteiger partial charge is 0.334 e. The van der Waals surface area contributed by atoms with Crippen LogP contribution in [-0.2, 0) is 22.8 Å². The Morgan fingerprint density at radius 2 is 1.82 bits per heavy atom. The van der Waals surface area contributed by atoms with E-state index in [0.717, 1.165) is 44.5 Å². The number of aromatic nitrogens is 3. The van der Waals surface area contributed by atoms with Crippen LogP contribution in [-0.4, -0.2) is 30.0 Å². The highest BCUT2D eigenvalue weighted by Crippen LogP contribution is 2.37. The molecule has 0 fully saturated rings. The van der Waals surface area contributed by atoms with E-state index in [0.29, 0.717) is 0 Å². The lowest BCUT2D eigenvalue weighted by molar-refractivity contribution is 0.596. The van der Waals surface area contributed by atoms with Crippen LogP contribution in [0.15, 0.2) is 61.2 Å². The van der Waals surface area contributed by atoms with Gasteiger partial charge in [-0.1, -0.05) is 18.2 Å². The third-order valence-electron chi connectivity index (χ3n) is 5.33. The summed E-state index contributed by atoms with van der Waals surface area (Å²) < 4.78 is 27.7. The molecule has 4 aromatic rings. The molecule has 0 saturated heterocycles. The van der Waals surface area contributed by atoms with Gasteiger partial charge in [-0.3, -0.25) is 9.29 Å². The average Bonchev–Trinajstić information content (AvgIpc) is 3.21. The van der Waals surface area contributed by atoms with Crippen LogP contribution in [0.2, 0.25) is 0 Å². The molecule has 0 radical (unpaired) electrons. The number of anilines is 1. The fourth-order valence-electron chi connectivity index (χ4n) is 3.80. The summed E-state index contributed by atoms with van der Waals surface area (Å²) in [5.74, 6) is 0.926. The number of fused-ring (bicyclic) bond motifs is 2. The van der Waals surface area contributed by atoms with E-state index in [4.69, 9.17) is 0 Å². The van der Waals surface area contributed by atoms with Gasteiger partial charge < -0.3 is 4.57 Å².